The van der Waals surface area contributed by atoms with Crippen LogP contribution < -0.4 is 5.32 Å². The summed E-state index contributed by atoms with van der Waals surface area (Å²) >= 11 is 0. The fraction of sp³-hybridized carbons (Fsp3) is 0.176. The Morgan fingerprint density at radius 3 is 2.64 bits per heavy atom. The number of rotatable bonds is 5. The van der Waals surface area contributed by atoms with Gasteiger partial charge in [0.05, 0.1) is 5.56 Å². The summed E-state index contributed by atoms with van der Waals surface area (Å²) in [4.78, 5) is 23.4. The van der Waals surface area contributed by atoms with E-state index >= 15 is 0 Å². The topological polar surface area (TPSA) is 55.4 Å². The molecule has 1 amide bonds. The van der Waals surface area contributed by atoms with Gasteiger partial charge in [-0.05, 0) is 36.2 Å². The molecule has 114 valence electrons. The van der Waals surface area contributed by atoms with E-state index in [-0.39, 0.29) is 5.56 Å². The molecule has 0 aliphatic carbocycles. The number of ether oxygens (including phenoxy) is 1. The first-order valence-corrected chi connectivity index (χ1v) is 6.90. The molecule has 5 heteroatoms. The van der Waals surface area contributed by atoms with Crippen molar-refractivity contribution in [3.63, 3.8) is 0 Å². The molecule has 2 aromatic carbocycles. The van der Waals surface area contributed by atoms with Crippen LogP contribution in [-0.4, -0.2) is 18.5 Å². The molecule has 0 bridgehead atoms. The van der Waals surface area contributed by atoms with E-state index in [0.717, 1.165) is 18.1 Å². The first-order valence-electron chi connectivity index (χ1n) is 6.90. The predicted octanol–water partition coefficient (Wildman–Crippen LogP) is 3.18. The highest BCUT2D eigenvalue weighted by atomic mass is 19.1. The molecule has 2 aromatic rings. The third-order valence-corrected chi connectivity index (χ3v) is 3.05. The van der Waals surface area contributed by atoms with Crippen molar-refractivity contribution < 1.29 is 18.7 Å². The van der Waals surface area contributed by atoms with Gasteiger partial charge < -0.3 is 10.1 Å². The zero-order chi connectivity index (χ0) is 15.9. The maximum absolute atomic E-state index is 13.4. The number of hydrogen-bond acceptors (Lipinski definition) is 3. The van der Waals surface area contributed by atoms with Crippen molar-refractivity contribution >= 4 is 17.6 Å². The SMILES string of the molecule is CCc1cccc(NC(=O)COC(=O)c2ccccc2F)c1. The third kappa shape index (κ3) is 4.15. The Kier molecular flexibility index (Phi) is 5.25. The molecule has 0 fully saturated rings. The standard InChI is InChI=1S/C17H16FNO3/c1-2-12-6-5-7-13(10-12)19-16(20)11-22-17(21)14-8-3-4-9-15(14)18/h3-10H,2,11H2,1H3,(H,19,20). The molecule has 22 heavy (non-hydrogen) atoms. The second-order valence-corrected chi connectivity index (χ2v) is 4.66. The van der Waals surface area contributed by atoms with Gasteiger partial charge in [0.1, 0.15) is 5.82 Å². The first-order chi connectivity index (χ1) is 10.6. The minimum absolute atomic E-state index is 0.191. The number of carbonyl (C=O) groups is 2. The van der Waals surface area contributed by atoms with Gasteiger partial charge in [-0.15, -0.1) is 0 Å². The molecule has 0 aliphatic heterocycles. The lowest BCUT2D eigenvalue weighted by molar-refractivity contribution is -0.119. The van der Waals surface area contributed by atoms with Crippen LogP contribution >= 0.6 is 0 Å². The lowest BCUT2D eigenvalue weighted by atomic mass is 10.1. The quantitative estimate of drug-likeness (QED) is 0.863. The molecule has 0 saturated heterocycles. The lowest BCUT2D eigenvalue weighted by Gasteiger charge is -2.08. The molecule has 0 atom stereocenters. The molecule has 4 nitrogen and oxygen atoms in total. The number of hydrogen-bond donors (Lipinski definition) is 1. The summed E-state index contributed by atoms with van der Waals surface area (Å²) in [7, 11) is 0. The molecule has 0 aromatic heterocycles. The van der Waals surface area contributed by atoms with Crippen LogP contribution in [0.15, 0.2) is 48.5 Å². The van der Waals surface area contributed by atoms with Gasteiger partial charge in [0.15, 0.2) is 6.61 Å². The Morgan fingerprint density at radius 2 is 1.91 bits per heavy atom. The first kappa shape index (κ1) is 15.7. The highest BCUT2D eigenvalue weighted by molar-refractivity contribution is 5.95. The van der Waals surface area contributed by atoms with E-state index in [1.807, 2.05) is 25.1 Å². The van der Waals surface area contributed by atoms with Gasteiger partial charge >= 0.3 is 5.97 Å². The maximum Gasteiger partial charge on any atom is 0.341 e. The van der Waals surface area contributed by atoms with Crippen LogP contribution in [-0.2, 0) is 16.0 Å². The Labute approximate surface area is 127 Å². The van der Waals surface area contributed by atoms with Gasteiger partial charge in [0.2, 0.25) is 0 Å². The largest absolute Gasteiger partial charge is 0.452 e. The highest BCUT2D eigenvalue weighted by Gasteiger charge is 2.14. The molecule has 0 radical (unpaired) electrons. The molecule has 0 aliphatic rings. The molecule has 0 heterocycles. The van der Waals surface area contributed by atoms with E-state index in [1.165, 1.54) is 18.2 Å². The summed E-state index contributed by atoms with van der Waals surface area (Å²) in [5.41, 5.74) is 1.52. The third-order valence-electron chi connectivity index (χ3n) is 3.05. The fourth-order valence-corrected chi connectivity index (χ4v) is 1.90. The predicted molar refractivity (Wildman–Crippen MR) is 81.1 cm³/mol. The minimum atomic E-state index is -0.865. The normalized spacial score (nSPS) is 10.1. The van der Waals surface area contributed by atoms with Crippen LogP contribution in [0.3, 0.4) is 0 Å². The molecular weight excluding hydrogens is 285 g/mol. The van der Waals surface area contributed by atoms with Crippen molar-refractivity contribution in [2.45, 2.75) is 13.3 Å². The summed E-state index contributed by atoms with van der Waals surface area (Å²) < 4.78 is 18.2. The zero-order valence-corrected chi connectivity index (χ0v) is 12.1. The molecule has 0 unspecified atom stereocenters. The molecule has 0 saturated carbocycles. The van der Waals surface area contributed by atoms with Crippen molar-refractivity contribution in [2.75, 3.05) is 11.9 Å². The van der Waals surface area contributed by atoms with Crippen LogP contribution in [0.2, 0.25) is 0 Å². The van der Waals surface area contributed by atoms with Crippen LogP contribution in [0.5, 0.6) is 0 Å². The number of carbonyl (C=O) groups excluding carboxylic acids is 2. The van der Waals surface area contributed by atoms with Crippen LogP contribution in [0.1, 0.15) is 22.8 Å². The molecule has 2 rings (SSSR count). The number of nitrogens with one attached hydrogen (secondary N) is 1. The van der Waals surface area contributed by atoms with Crippen molar-refractivity contribution in [1.29, 1.82) is 0 Å². The van der Waals surface area contributed by atoms with Crippen LogP contribution in [0.25, 0.3) is 0 Å². The summed E-state index contributed by atoms with van der Waals surface area (Å²) in [6, 6.07) is 12.8. The van der Waals surface area contributed by atoms with Gasteiger partial charge in [-0.1, -0.05) is 31.2 Å². The number of amides is 1. The van der Waals surface area contributed by atoms with Gasteiger partial charge in [-0.25, -0.2) is 9.18 Å². The number of anilines is 1. The van der Waals surface area contributed by atoms with Crippen molar-refractivity contribution in [1.82, 2.24) is 0 Å². The Hall–Kier alpha value is -2.69. The summed E-state index contributed by atoms with van der Waals surface area (Å²) in [5.74, 6) is -2.02. The van der Waals surface area contributed by atoms with E-state index < -0.39 is 24.3 Å². The Balaban J connectivity index is 1.90. The average Bonchev–Trinajstić information content (AvgIpc) is 2.53. The molecular formula is C17H16FNO3. The van der Waals surface area contributed by atoms with Crippen LogP contribution in [0.4, 0.5) is 10.1 Å². The number of halogens is 1. The van der Waals surface area contributed by atoms with E-state index in [4.69, 9.17) is 4.74 Å². The second kappa shape index (κ2) is 7.36. The fourth-order valence-electron chi connectivity index (χ4n) is 1.90. The number of aryl methyl sites for hydroxylation is 1. The smallest absolute Gasteiger partial charge is 0.341 e. The van der Waals surface area contributed by atoms with Crippen molar-refractivity contribution in [2.24, 2.45) is 0 Å². The highest BCUT2D eigenvalue weighted by Crippen LogP contribution is 2.11. The van der Waals surface area contributed by atoms with E-state index in [2.05, 4.69) is 5.32 Å². The lowest BCUT2D eigenvalue weighted by Crippen LogP contribution is -2.21. The maximum atomic E-state index is 13.4. The minimum Gasteiger partial charge on any atom is -0.452 e. The van der Waals surface area contributed by atoms with Crippen molar-refractivity contribution in [3.05, 3.63) is 65.5 Å². The number of benzene rings is 2. The zero-order valence-electron chi connectivity index (χ0n) is 12.1. The molecule has 0 spiro atoms. The average molecular weight is 301 g/mol. The Bertz CT molecular complexity index is 685. The number of esters is 1. The van der Waals surface area contributed by atoms with E-state index in [1.54, 1.807) is 6.07 Å². The summed E-state index contributed by atoms with van der Waals surface area (Å²) in [6.07, 6.45) is 0.853. The summed E-state index contributed by atoms with van der Waals surface area (Å²) in [5, 5.41) is 2.63. The van der Waals surface area contributed by atoms with Gasteiger partial charge in [-0.3, -0.25) is 4.79 Å². The monoisotopic (exact) mass is 301 g/mol. The van der Waals surface area contributed by atoms with E-state index in [9.17, 15) is 14.0 Å². The summed E-state index contributed by atoms with van der Waals surface area (Å²) in [6.45, 7) is 1.54. The van der Waals surface area contributed by atoms with Crippen molar-refractivity contribution in [3.8, 4) is 0 Å². The van der Waals surface area contributed by atoms with Gasteiger partial charge in [0.25, 0.3) is 5.91 Å². The van der Waals surface area contributed by atoms with Crippen LogP contribution in [0, 0.1) is 5.82 Å². The molecule has 1 N–H and O–H groups in total. The Morgan fingerprint density at radius 1 is 1.14 bits per heavy atom. The van der Waals surface area contributed by atoms with E-state index in [0.29, 0.717) is 5.69 Å². The second-order valence-electron chi connectivity index (χ2n) is 4.66. The van der Waals surface area contributed by atoms with Gasteiger partial charge in [-0.2, -0.15) is 0 Å². The van der Waals surface area contributed by atoms with Gasteiger partial charge in [0, 0.05) is 5.69 Å².